The van der Waals surface area contributed by atoms with Crippen molar-refractivity contribution in [2.24, 2.45) is 0 Å². The zero-order valence-electron chi connectivity index (χ0n) is 20.0. The highest BCUT2D eigenvalue weighted by molar-refractivity contribution is 6.00. The molecular formula is C29H27FN4O2. The highest BCUT2D eigenvalue weighted by atomic mass is 19.1. The Morgan fingerprint density at radius 3 is 2.36 bits per heavy atom. The molecule has 5 rings (SSSR count). The summed E-state index contributed by atoms with van der Waals surface area (Å²) in [6.07, 6.45) is 2.95. The molecule has 182 valence electrons. The molecule has 0 radical (unpaired) electrons. The second-order valence-electron chi connectivity index (χ2n) is 9.06. The first-order chi connectivity index (χ1) is 17.5. The minimum Gasteiger partial charge on any atom is -0.349 e. The summed E-state index contributed by atoms with van der Waals surface area (Å²) in [6.45, 7) is 2.91. The quantitative estimate of drug-likeness (QED) is 0.434. The molecular weight excluding hydrogens is 455 g/mol. The first-order valence-electron chi connectivity index (χ1n) is 12.1. The number of amides is 2. The topological polar surface area (TPSA) is 67.2 Å². The van der Waals surface area contributed by atoms with Gasteiger partial charge in [-0.05, 0) is 50.1 Å². The Labute approximate surface area is 209 Å². The molecule has 0 atom stereocenters. The van der Waals surface area contributed by atoms with Gasteiger partial charge < -0.3 is 10.2 Å². The van der Waals surface area contributed by atoms with Gasteiger partial charge in [-0.25, -0.2) is 9.07 Å². The van der Waals surface area contributed by atoms with E-state index < -0.39 is 5.82 Å². The number of hydrogen-bond acceptors (Lipinski definition) is 3. The maximum Gasteiger partial charge on any atom is 0.256 e. The van der Waals surface area contributed by atoms with E-state index in [4.69, 9.17) is 5.10 Å². The molecule has 2 amide bonds. The lowest BCUT2D eigenvalue weighted by atomic mass is 10.0. The van der Waals surface area contributed by atoms with Gasteiger partial charge >= 0.3 is 0 Å². The Balaban J connectivity index is 1.32. The van der Waals surface area contributed by atoms with Gasteiger partial charge in [0.25, 0.3) is 11.8 Å². The molecule has 0 bridgehead atoms. The number of nitrogens with zero attached hydrogens (tertiary/aromatic N) is 3. The number of rotatable bonds is 5. The highest BCUT2D eigenvalue weighted by Gasteiger charge is 2.27. The van der Waals surface area contributed by atoms with Gasteiger partial charge in [-0.2, -0.15) is 5.10 Å². The predicted molar refractivity (Wildman–Crippen MR) is 137 cm³/mol. The monoisotopic (exact) mass is 482 g/mol. The standard InChI is InChI=1S/C29H27FN4O2/c1-20-8-7-9-21(18-20)27-25(19-34(32-27)23-10-3-2-4-11-23)28(35)31-22-14-16-33(17-15-22)29(36)24-12-5-6-13-26(24)30/h2-13,18-19,22H,14-17H2,1H3,(H,31,35). The van der Waals surface area contributed by atoms with Crippen molar-refractivity contribution in [3.63, 3.8) is 0 Å². The smallest absolute Gasteiger partial charge is 0.256 e. The van der Waals surface area contributed by atoms with Gasteiger partial charge in [-0.3, -0.25) is 9.59 Å². The molecule has 1 fully saturated rings. The van der Waals surface area contributed by atoms with Crippen LogP contribution in [0.5, 0.6) is 0 Å². The third kappa shape index (κ3) is 4.91. The van der Waals surface area contributed by atoms with Crippen molar-refractivity contribution in [2.75, 3.05) is 13.1 Å². The van der Waals surface area contributed by atoms with E-state index in [1.54, 1.807) is 27.9 Å². The van der Waals surface area contributed by atoms with E-state index >= 15 is 0 Å². The minimum absolute atomic E-state index is 0.0797. The number of hydrogen-bond donors (Lipinski definition) is 1. The van der Waals surface area contributed by atoms with Crippen molar-refractivity contribution in [3.8, 4) is 16.9 Å². The Hall–Kier alpha value is -4.26. The molecule has 36 heavy (non-hydrogen) atoms. The second-order valence-corrected chi connectivity index (χ2v) is 9.06. The number of aryl methyl sites for hydroxylation is 1. The molecule has 1 N–H and O–H groups in total. The van der Waals surface area contributed by atoms with Gasteiger partial charge in [0.05, 0.1) is 16.8 Å². The summed E-state index contributed by atoms with van der Waals surface area (Å²) < 4.78 is 15.8. The van der Waals surface area contributed by atoms with Gasteiger partial charge in [0.2, 0.25) is 0 Å². The number of benzene rings is 3. The van der Waals surface area contributed by atoms with Crippen LogP contribution in [0.2, 0.25) is 0 Å². The SMILES string of the molecule is Cc1cccc(-c2nn(-c3ccccc3)cc2C(=O)NC2CCN(C(=O)c3ccccc3F)CC2)c1. The maximum atomic E-state index is 14.0. The lowest BCUT2D eigenvalue weighted by molar-refractivity contribution is 0.0693. The maximum absolute atomic E-state index is 14.0. The van der Waals surface area contributed by atoms with Crippen LogP contribution in [0.15, 0.2) is 85.1 Å². The lowest BCUT2D eigenvalue weighted by Crippen LogP contribution is -2.46. The zero-order valence-corrected chi connectivity index (χ0v) is 20.0. The van der Waals surface area contributed by atoms with Crippen LogP contribution < -0.4 is 5.32 Å². The number of halogens is 1. The molecule has 0 unspecified atom stereocenters. The Morgan fingerprint density at radius 2 is 1.64 bits per heavy atom. The number of carbonyl (C=O) groups excluding carboxylic acids is 2. The molecule has 0 saturated carbocycles. The fraction of sp³-hybridized carbons (Fsp3) is 0.207. The number of piperidine rings is 1. The molecule has 1 aliphatic rings. The summed E-state index contributed by atoms with van der Waals surface area (Å²) in [7, 11) is 0. The number of likely N-dealkylation sites (tertiary alicyclic amines) is 1. The molecule has 2 heterocycles. The summed E-state index contributed by atoms with van der Waals surface area (Å²) in [5.41, 5.74) is 4.02. The summed E-state index contributed by atoms with van der Waals surface area (Å²) >= 11 is 0. The second kappa shape index (κ2) is 10.2. The van der Waals surface area contributed by atoms with E-state index in [1.165, 1.54) is 12.1 Å². The van der Waals surface area contributed by atoms with E-state index in [1.807, 2.05) is 61.5 Å². The van der Waals surface area contributed by atoms with Crippen molar-refractivity contribution < 1.29 is 14.0 Å². The third-order valence-corrected chi connectivity index (χ3v) is 6.49. The first-order valence-corrected chi connectivity index (χ1v) is 12.1. The first kappa shape index (κ1) is 23.5. The number of para-hydroxylation sites is 1. The average Bonchev–Trinajstić information content (AvgIpc) is 3.36. The average molecular weight is 483 g/mol. The summed E-state index contributed by atoms with van der Waals surface area (Å²) in [6, 6.07) is 23.5. The van der Waals surface area contributed by atoms with Crippen molar-refractivity contribution in [2.45, 2.75) is 25.8 Å². The molecule has 0 spiro atoms. The largest absolute Gasteiger partial charge is 0.349 e. The summed E-state index contributed by atoms with van der Waals surface area (Å²) in [5.74, 6) is -1.03. The van der Waals surface area contributed by atoms with Gasteiger partial charge in [-0.1, -0.05) is 54.1 Å². The third-order valence-electron chi connectivity index (χ3n) is 6.49. The molecule has 1 saturated heterocycles. The van der Waals surface area contributed by atoms with Crippen molar-refractivity contribution >= 4 is 11.8 Å². The van der Waals surface area contributed by atoms with Crippen LogP contribution in [0.1, 0.15) is 39.1 Å². The van der Waals surface area contributed by atoms with E-state index in [0.717, 1.165) is 16.8 Å². The Kier molecular flexibility index (Phi) is 6.62. The zero-order chi connectivity index (χ0) is 25.1. The summed E-state index contributed by atoms with van der Waals surface area (Å²) in [4.78, 5) is 27.8. The number of nitrogens with one attached hydrogen (secondary N) is 1. The van der Waals surface area contributed by atoms with E-state index in [-0.39, 0.29) is 23.4 Å². The van der Waals surface area contributed by atoms with Crippen molar-refractivity contribution in [1.29, 1.82) is 0 Å². The summed E-state index contributed by atoms with van der Waals surface area (Å²) in [5, 5.41) is 7.88. The van der Waals surface area contributed by atoms with Gasteiger partial charge in [0.1, 0.15) is 11.5 Å². The van der Waals surface area contributed by atoms with Gasteiger partial charge in [-0.15, -0.1) is 0 Å². The van der Waals surface area contributed by atoms with Crippen LogP contribution in [-0.4, -0.2) is 45.6 Å². The molecule has 4 aromatic rings. The Morgan fingerprint density at radius 1 is 0.917 bits per heavy atom. The van der Waals surface area contributed by atoms with Crippen LogP contribution in [-0.2, 0) is 0 Å². The molecule has 6 nitrogen and oxygen atoms in total. The van der Waals surface area contributed by atoms with Crippen LogP contribution in [0, 0.1) is 12.7 Å². The molecule has 0 aliphatic carbocycles. The number of aromatic nitrogens is 2. The minimum atomic E-state index is -0.517. The van der Waals surface area contributed by atoms with Gasteiger partial charge in [0.15, 0.2) is 0 Å². The Bertz CT molecular complexity index is 1390. The van der Waals surface area contributed by atoms with Gasteiger partial charge in [0, 0.05) is 30.9 Å². The predicted octanol–water partition coefficient (Wildman–Crippen LogP) is 5.02. The van der Waals surface area contributed by atoms with E-state index in [2.05, 4.69) is 5.32 Å². The van der Waals surface area contributed by atoms with Crippen molar-refractivity contribution in [1.82, 2.24) is 20.0 Å². The van der Waals surface area contributed by atoms with Crippen LogP contribution in [0.25, 0.3) is 16.9 Å². The normalized spacial score (nSPS) is 14.0. The van der Waals surface area contributed by atoms with Crippen LogP contribution in [0.4, 0.5) is 4.39 Å². The molecule has 7 heteroatoms. The van der Waals surface area contributed by atoms with Crippen molar-refractivity contribution in [3.05, 3.63) is 108 Å². The molecule has 3 aromatic carbocycles. The highest BCUT2D eigenvalue weighted by Crippen LogP contribution is 2.25. The molecule has 1 aliphatic heterocycles. The number of carbonyl (C=O) groups is 2. The molecule has 1 aromatic heterocycles. The lowest BCUT2D eigenvalue weighted by Gasteiger charge is -2.32. The fourth-order valence-electron chi connectivity index (χ4n) is 4.55. The van der Waals surface area contributed by atoms with E-state index in [0.29, 0.717) is 37.2 Å². The van der Waals surface area contributed by atoms with E-state index in [9.17, 15) is 14.0 Å². The fourth-order valence-corrected chi connectivity index (χ4v) is 4.55. The van der Waals surface area contributed by atoms with Crippen LogP contribution in [0.3, 0.4) is 0 Å². The van der Waals surface area contributed by atoms with Crippen LogP contribution >= 0.6 is 0 Å².